The van der Waals surface area contributed by atoms with Gasteiger partial charge in [-0.15, -0.1) is 0 Å². The molecule has 106 heavy (non-hydrogen) atoms. The van der Waals surface area contributed by atoms with Gasteiger partial charge in [-0.25, -0.2) is 0 Å². The summed E-state index contributed by atoms with van der Waals surface area (Å²) in [7, 11) is 0. The molecule has 0 aliphatic carbocycles. The normalized spacial score (nSPS) is 11.0. The van der Waals surface area contributed by atoms with Crippen LogP contribution < -0.4 is 9.80 Å². The lowest BCUT2D eigenvalue weighted by atomic mass is 9.90. The minimum Gasteiger partial charge on any atom is -0.311 e. The summed E-state index contributed by atoms with van der Waals surface area (Å²) in [6, 6.07) is 162. The zero-order valence-corrected chi connectivity index (χ0v) is 58.6. The summed E-state index contributed by atoms with van der Waals surface area (Å²) in [4.78, 5) is 4.69. The minimum atomic E-state index is 1.10. The molecular weight excluding hydrogens is 1280 g/mol. The lowest BCUT2D eigenvalue weighted by Gasteiger charge is -2.26. The van der Waals surface area contributed by atoms with Crippen LogP contribution in [0.2, 0.25) is 0 Å². The van der Waals surface area contributed by atoms with Crippen molar-refractivity contribution in [1.29, 1.82) is 0 Å². The average molecular weight is 1350 g/mol. The largest absolute Gasteiger partial charge is 0.311 e. The summed E-state index contributed by atoms with van der Waals surface area (Å²) in [5.41, 5.74) is 30.8. The van der Waals surface area contributed by atoms with Crippen LogP contribution in [0, 0.1) is 0 Å². The Morgan fingerprint density at radius 3 is 0.509 bits per heavy atom. The zero-order chi connectivity index (χ0) is 70.8. The van der Waals surface area contributed by atoms with Crippen LogP contribution in [-0.4, -0.2) is 0 Å². The van der Waals surface area contributed by atoms with Gasteiger partial charge >= 0.3 is 0 Å². The molecule has 18 aromatic carbocycles. The molecule has 0 saturated carbocycles. The monoisotopic (exact) mass is 1350 g/mol. The molecule has 0 spiro atoms. The van der Waals surface area contributed by atoms with Crippen molar-refractivity contribution in [3.63, 3.8) is 0 Å². The number of hydrogen-bond donors (Lipinski definition) is 0. The summed E-state index contributed by atoms with van der Waals surface area (Å²) in [6.45, 7) is 0. The quantitative estimate of drug-likeness (QED) is 0.0951. The van der Waals surface area contributed by atoms with Crippen molar-refractivity contribution in [2.75, 3.05) is 9.80 Å². The van der Waals surface area contributed by atoms with Crippen LogP contribution in [0.25, 0.3) is 133 Å². The van der Waals surface area contributed by atoms with E-state index in [0.29, 0.717) is 0 Å². The Balaban J connectivity index is 0.000000156. The molecule has 0 atom stereocenters. The molecule has 0 amide bonds. The SMILES string of the molecule is c1ccc(-c2ccc(-c3cc4ccccc4cc3-c3ccc(N(c4ccc(-c5ccccc5)cc4)c4ccc(-c5ccccc5)cc4)cc3)cc2)cc1.c1ccc(-c2ccc(N(c3ccc(-c4ccccc4)cc3)c3ccc(-c4cc5ccccc5cc4-c4cccc(-c5ccccc5)c4)cc3)cc2)cc1. The first-order valence-electron chi connectivity index (χ1n) is 36.3. The van der Waals surface area contributed by atoms with E-state index in [0.717, 1.165) is 34.1 Å². The fraction of sp³-hybridized carbons (Fsp3) is 0. The van der Waals surface area contributed by atoms with E-state index in [-0.39, 0.29) is 0 Å². The van der Waals surface area contributed by atoms with Crippen LogP contribution >= 0.6 is 0 Å². The third-order valence-electron chi connectivity index (χ3n) is 20.2. The van der Waals surface area contributed by atoms with Gasteiger partial charge in [0.2, 0.25) is 0 Å². The van der Waals surface area contributed by atoms with Gasteiger partial charge < -0.3 is 9.80 Å². The summed E-state index contributed by atoms with van der Waals surface area (Å²) in [6.07, 6.45) is 0. The van der Waals surface area contributed by atoms with Crippen LogP contribution in [-0.2, 0) is 0 Å². The topological polar surface area (TPSA) is 6.48 Å². The van der Waals surface area contributed by atoms with E-state index in [4.69, 9.17) is 0 Å². The highest BCUT2D eigenvalue weighted by Gasteiger charge is 2.19. The standard InChI is InChI=1S/2C52H37N/c1-4-13-38(14-5-1)41-23-29-48(30-24-41)53(49-31-25-42(26-32-49)39-15-6-2-7-16-39)50-33-27-43(28-34-50)51-36-45-19-10-11-20-46(45)37-52(51)47-22-12-21-44(35-47)40-17-8-3-9-18-40;1-4-12-38(13-5-1)41-20-22-44(23-21-41)51-36-46-18-10-11-19-47(46)37-52(51)45-28-34-50(35-29-45)53(48-30-24-42(25-31-48)39-14-6-2-7-15-39)49-32-26-43(27-33-49)40-16-8-3-9-17-40/h2*1-37H. The third kappa shape index (κ3) is 14.2. The van der Waals surface area contributed by atoms with Gasteiger partial charge in [-0.05, 0) is 236 Å². The van der Waals surface area contributed by atoms with Crippen molar-refractivity contribution in [2.24, 2.45) is 0 Å². The Morgan fingerprint density at radius 1 is 0.104 bits per heavy atom. The molecule has 0 aliphatic rings. The lowest BCUT2D eigenvalue weighted by molar-refractivity contribution is 1.28. The van der Waals surface area contributed by atoms with E-state index in [2.05, 4.69) is 459 Å². The molecule has 18 aromatic rings. The molecule has 0 saturated heterocycles. The number of fused-ring (bicyclic) bond motifs is 2. The Labute approximate surface area is 621 Å². The Morgan fingerprint density at radius 2 is 0.264 bits per heavy atom. The van der Waals surface area contributed by atoms with Gasteiger partial charge in [0.1, 0.15) is 0 Å². The predicted molar refractivity (Wildman–Crippen MR) is 452 cm³/mol. The first kappa shape index (κ1) is 65.4. The van der Waals surface area contributed by atoms with Gasteiger partial charge in [0.15, 0.2) is 0 Å². The molecule has 0 aromatic heterocycles. The molecule has 0 bridgehead atoms. The Kier molecular flexibility index (Phi) is 18.7. The van der Waals surface area contributed by atoms with Gasteiger partial charge in [0, 0.05) is 34.1 Å². The van der Waals surface area contributed by atoms with E-state index in [1.807, 2.05) is 0 Å². The molecule has 0 heterocycles. The van der Waals surface area contributed by atoms with E-state index >= 15 is 0 Å². The van der Waals surface area contributed by atoms with E-state index in [1.54, 1.807) is 0 Å². The maximum Gasteiger partial charge on any atom is 0.0462 e. The highest BCUT2D eigenvalue weighted by atomic mass is 15.1. The fourth-order valence-corrected chi connectivity index (χ4v) is 14.6. The molecule has 2 heteroatoms. The summed E-state index contributed by atoms with van der Waals surface area (Å²) in [5.74, 6) is 0. The van der Waals surface area contributed by atoms with Gasteiger partial charge in [-0.3, -0.25) is 0 Å². The molecule has 500 valence electrons. The zero-order valence-electron chi connectivity index (χ0n) is 58.6. The van der Waals surface area contributed by atoms with Gasteiger partial charge in [-0.1, -0.05) is 346 Å². The maximum atomic E-state index is 2.35. The molecular formula is C104H74N2. The average Bonchev–Trinajstić information content (AvgIpc) is 0.788. The third-order valence-corrected chi connectivity index (χ3v) is 20.2. The van der Waals surface area contributed by atoms with Crippen molar-refractivity contribution < 1.29 is 0 Å². The molecule has 2 nitrogen and oxygen atoms in total. The lowest BCUT2D eigenvalue weighted by Crippen LogP contribution is -2.09. The second-order valence-corrected chi connectivity index (χ2v) is 26.8. The molecule has 0 radical (unpaired) electrons. The number of anilines is 6. The first-order chi connectivity index (χ1) is 52.5. The second kappa shape index (κ2) is 30.3. The Hall–Kier alpha value is -13.9. The summed E-state index contributed by atoms with van der Waals surface area (Å²) in [5, 5.41) is 4.93. The van der Waals surface area contributed by atoms with Crippen molar-refractivity contribution >= 4 is 55.7 Å². The predicted octanol–water partition coefficient (Wildman–Crippen LogP) is 29.3. The Bertz CT molecular complexity index is 5790. The van der Waals surface area contributed by atoms with Crippen LogP contribution in [0.15, 0.2) is 449 Å². The number of rotatable bonds is 16. The van der Waals surface area contributed by atoms with Gasteiger partial charge in [0.25, 0.3) is 0 Å². The van der Waals surface area contributed by atoms with E-state index < -0.39 is 0 Å². The van der Waals surface area contributed by atoms with E-state index in [1.165, 1.54) is 133 Å². The molecule has 0 aliphatic heterocycles. The maximum absolute atomic E-state index is 2.35. The van der Waals surface area contributed by atoms with Crippen molar-refractivity contribution in [3.05, 3.63) is 449 Å². The number of hydrogen-bond acceptors (Lipinski definition) is 2. The molecule has 0 unspecified atom stereocenters. The van der Waals surface area contributed by atoms with Crippen LogP contribution in [0.1, 0.15) is 0 Å². The van der Waals surface area contributed by atoms with Crippen LogP contribution in [0.5, 0.6) is 0 Å². The molecule has 0 fully saturated rings. The summed E-state index contributed by atoms with van der Waals surface area (Å²) >= 11 is 0. The van der Waals surface area contributed by atoms with Crippen molar-refractivity contribution in [1.82, 2.24) is 0 Å². The smallest absolute Gasteiger partial charge is 0.0462 e. The summed E-state index contributed by atoms with van der Waals surface area (Å²) < 4.78 is 0. The first-order valence-corrected chi connectivity index (χ1v) is 36.3. The molecule has 18 rings (SSSR count). The second-order valence-electron chi connectivity index (χ2n) is 26.8. The minimum absolute atomic E-state index is 1.10. The van der Waals surface area contributed by atoms with Crippen molar-refractivity contribution in [3.8, 4) is 111 Å². The highest BCUT2D eigenvalue weighted by molar-refractivity contribution is 5.99. The van der Waals surface area contributed by atoms with Crippen molar-refractivity contribution in [2.45, 2.75) is 0 Å². The van der Waals surface area contributed by atoms with Crippen LogP contribution in [0.3, 0.4) is 0 Å². The molecule has 0 N–H and O–H groups in total. The van der Waals surface area contributed by atoms with Gasteiger partial charge in [0.05, 0.1) is 0 Å². The van der Waals surface area contributed by atoms with Crippen LogP contribution in [0.4, 0.5) is 34.1 Å². The van der Waals surface area contributed by atoms with Gasteiger partial charge in [-0.2, -0.15) is 0 Å². The number of nitrogens with zero attached hydrogens (tertiary/aromatic N) is 2. The van der Waals surface area contributed by atoms with E-state index in [9.17, 15) is 0 Å². The fourth-order valence-electron chi connectivity index (χ4n) is 14.6. The highest BCUT2D eigenvalue weighted by Crippen LogP contribution is 2.44. The number of benzene rings is 18.